The van der Waals surface area contributed by atoms with Crippen molar-refractivity contribution in [2.24, 2.45) is 10.8 Å². The van der Waals surface area contributed by atoms with E-state index < -0.39 is 21.4 Å². The third-order valence-corrected chi connectivity index (χ3v) is 6.95. The Hall–Kier alpha value is -1.40. The highest BCUT2D eigenvalue weighted by Gasteiger charge is 2.48. The van der Waals surface area contributed by atoms with E-state index >= 15 is 0 Å². The van der Waals surface area contributed by atoms with Gasteiger partial charge in [0.2, 0.25) is 10.0 Å². The molecule has 2 aliphatic rings. The van der Waals surface area contributed by atoms with Crippen LogP contribution in [0.3, 0.4) is 0 Å². The standard InChI is InChI=1S/C20H31NO4S/c1-6-8-15-16(9-7-2)20(14-17(15)19(3,4)18(22)23)10-12-21(13-11-20)26(5,24)25/h8-9,14H,6-7,10-13H2,1-5H3,(H,22,23)/b15-8+,16-9+. The van der Waals surface area contributed by atoms with E-state index in [1.54, 1.807) is 13.8 Å². The molecular formula is C20H31NO4S. The van der Waals surface area contributed by atoms with Crippen LogP contribution in [0.1, 0.15) is 53.4 Å². The molecule has 6 heteroatoms. The van der Waals surface area contributed by atoms with Crippen LogP contribution < -0.4 is 0 Å². The zero-order valence-electron chi connectivity index (χ0n) is 16.5. The molecule has 1 fully saturated rings. The number of sulfonamides is 1. The van der Waals surface area contributed by atoms with E-state index in [0.717, 1.165) is 24.0 Å². The molecule has 146 valence electrons. The first-order chi connectivity index (χ1) is 12.0. The van der Waals surface area contributed by atoms with Gasteiger partial charge in [0.15, 0.2) is 0 Å². The Bertz CT molecular complexity index is 764. The lowest BCUT2D eigenvalue weighted by molar-refractivity contribution is -0.144. The number of nitrogens with zero attached hydrogens (tertiary/aromatic N) is 1. The van der Waals surface area contributed by atoms with E-state index in [4.69, 9.17) is 0 Å². The Labute approximate surface area is 157 Å². The fraction of sp³-hybridized carbons (Fsp3) is 0.650. The van der Waals surface area contributed by atoms with E-state index in [1.165, 1.54) is 16.1 Å². The predicted octanol–water partition coefficient (Wildman–Crippen LogP) is 3.75. The van der Waals surface area contributed by atoms with Gasteiger partial charge in [-0.3, -0.25) is 4.79 Å². The number of carbonyl (C=O) groups is 1. The fourth-order valence-corrected chi connectivity index (χ4v) is 4.90. The molecule has 0 unspecified atom stereocenters. The van der Waals surface area contributed by atoms with Crippen LogP contribution in [0.4, 0.5) is 0 Å². The Balaban J connectivity index is 2.54. The van der Waals surface area contributed by atoms with Gasteiger partial charge in [-0.2, -0.15) is 0 Å². The molecule has 0 saturated carbocycles. The SMILES string of the molecule is CC/C=C1\C(=C/CC)C(C(C)(C)C(=O)O)=CC12CCN(S(C)(=O)=O)CC2. The van der Waals surface area contributed by atoms with Gasteiger partial charge in [-0.1, -0.05) is 32.1 Å². The van der Waals surface area contributed by atoms with Gasteiger partial charge >= 0.3 is 5.97 Å². The molecule has 0 bridgehead atoms. The normalized spacial score (nSPS) is 24.4. The number of carboxylic acid groups (broad SMARTS) is 1. The lowest BCUT2D eigenvalue weighted by Gasteiger charge is -2.38. The van der Waals surface area contributed by atoms with E-state index in [9.17, 15) is 18.3 Å². The van der Waals surface area contributed by atoms with Crippen molar-refractivity contribution in [1.82, 2.24) is 4.31 Å². The maximum atomic E-state index is 11.9. The summed E-state index contributed by atoms with van der Waals surface area (Å²) in [5, 5.41) is 9.76. The summed E-state index contributed by atoms with van der Waals surface area (Å²) >= 11 is 0. The quantitative estimate of drug-likeness (QED) is 0.787. The van der Waals surface area contributed by atoms with Crippen LogP contribution in [0.2, 0.25) is 0 Å². The van der Waals surface area contributed by atoms with Gasteiger partial charge in [-0.05, 0) is 56.3 Å². The molecule has 1 N–H and O–H groups in total. The van der Waals surface area contributed by atoms with Crippen molar-refractivity contribution in [2.75, 3.05) is 19.3 Å². The summed E-state index contributed by atoms with van der Waals surface area (Å²) < 4.78 is 25.3. The van der Waals surface area contributed by atoms with Crippen LogP contribution in [-0.4, -0.2) is 43.1 Å². The third-order valence-electron chi connectivity index (χ3n) is 5.65. The van der Waals surface area contributed by atoms with E-state index in [1.807, 2.05) is 0 Å². The van der Waals surface area contributed by atoms with Gasteiger partial charge in [0.25, 0.3) is 0 Å². The first-order valence-corrected chi connectivity index (χ1v) is 11.2. The molecular weight excluding hydrogens is 350 g/mol. The maximum Gasteiger partial charge on any atom is 0.313 e. The molecule has 0 radical (unpaired) electrons. The van der Waals surface area contributed by atoms with Crippen molar-refractivity contribution in [3.05, 3.63) is 34.9 Å². The third kappa shape index (κ3) is 3.67. The van der Waals surface area contributed by atoms with Gasteiger partial charge in [-0.15, -0.1) is 0 Å². The zero-order chi connectivity index (χ0) is 19.8. The van der Waals surface area contributed by atoms with Gasteiger partial charge in [0.05, 0.1) is 11.7 Å². The topological polar surface area (TPSA) is 74.7 Å². The lowest BCUT2D eigenvalue weighted by atomic mass is 9.74. The summed E-state index contributed by atoms with van der Waals surface area (Å²) in [7, 11) is -3.20. The second-order valence-electron chi connectivity index (χ2n) is 7.86. The molecule has 1 heterocycles. The number of allylic oxidation sites excluding steroid dienone is 5. The molecule has 0 aromatic rings. The average Bonchev–Trinajstić information content (AvgIpc) is 2.83. The highest BCUT2D eigenvalue weighted by molar-refractivity contribution is 7.88. The fourth-order valence-electron chi connectivity index (χ4n) is 4.05. The molecule has 0 aromatic heterocycles. The van der Waals surface area contributed by atoms with E-state index in [2.05, 4.69) is 32.1 Å². The number of piperidine rings is 1. The van der Waals surface area contributed by atoms with Crippen LogP contribution in [0.5, 0.6) is 0 Å². The molecule has 1 spiro atoms. The predicted molar refractivity (Wildman–Crippen MR) is 104 cm³/mol. The second kappa shape index (κ2) is 7.31. The minimum absolute atomic E-state index is 0.264. The number of aliphatic carboxylic acids is 1. The minimum atomic E-state index is -3.20. The molecule has 26 heavy (non-hydrogen) atoms. The molecule has 0 amide bonds. The van der Waals surface area contributed by atoms with Gasteiger partial charge in [-0.25, -0.2) is 12.7 Å². The monoisotopic (exact) mass is 381 g/mol. The summed E-state index contributed by atoms with van der Waals surface area (Å²) in [6.45, 7) is 8.57. The van der Waals surface area contributed by atoms with Crippen molar-refractivity contribution >= 4 is 16.0 Å². The van der Waals surface area contributed by atoms with E-state index in [0.29, 0.717) is 25.9 Å². The Morgan fingerprint density at radius 1 is 1.23 bits per heavy atom. The first-order valence-electron chi connectivity index (χ1n) is 9.33. The first kappa shape index (κ1) is 20.9. The molecule has 1 saturated heterocycles. The molecule has 2 rings (SSSR count). The van der Waals surface area contributed by atoms with Crippen LogP contribution in [0.15, 0.2) is 34.9 Å². The smallest absolute Gasteiger partial charge is 0.313 e. The number of hydrogen-bond acceptors (Lipinski definition) is 3. The number of rotatable bonds is 5. The molecule has 5 nitrogen and oxygen atoms in total. The Morgan fingerprint density at radius 3 is 2.19 bits per heavy atom. The lowest BCUT2D eigenvalue weighted by Crippen LogP contribution is -2.42. The van der Waals surface area contributed by atoms with Crippen molar-refractivity contribution in [3.63, 3.8) is 0 Å². The average molecular weight is 382 g/mol. The number of carboxylic acids is 1. The summed E-state index contributed by atoms with van der Waals surface area (Å²) in [5.74, 6) is -0.841. The van der Waals surface area contributed by atoms with Crippen molar-refractivity contribution < 1.29 is 18.3 Å². The van der Waals surface area contributed by atoms with Crippen molar-refractivity contribution in [3.8, 4) is 0 Å². The highest BCUT2D eigenvalue weighted by Crippen LogP contribution is 2.55. The van der Waals surface area contributed by atoms with Crippen LogP contribution >= 0.6 is 0 Å². The van der Waals surface area contributed by atoms with Crippen LogP contribution in [0, 0.1) is 10.8 Å². The van der Waals surface area contributed by atoms with Crippen molar-refractivity contribution in [1.29, 1.82) is 0 Å². The molecule has 0 aromatic carbocycles. The molecule has 1 aliphatic heterocycles. The van der Waals surface area contributed by atoms with E-state index in [-0.39, 0.29) is 5.41 Å². The summed E-state index contributed by atoms with van der Waals surface area (Å²) in [5.41, 5.74) is 1.83. The largest absolute Gasteiger partial charge is 0.481 e. The Morgan fingerprint density at radius 2 is 1.77 bits per heavy atom. The zero-order valence-corrected chi connectivity index (χ0v) is 17.3. The van der Waals surface area contributed by atoms with Crippen LogP contribution in [0.25, 0.3) is 0 Å². The highest BCUT2D eigenvalue weighted by atomic mass is 32.2. The summed E-state index contributed by atoms with van der Waals surface area (Å²) in [4.78, 5) is 11.9. The summed E-state index contributed by atoms with van der Waals surface area (Å²) in [6.07, 6.45) is 10.8. The Kier molecular flexibility index (Phi) is 5.88. The second-order valence-corrected chi connectivity index (χ2v) is 9.84. The number of hydrogen-bond donors (Lipinski definition) is 1. The van der Waals surface area contributed by atoms with Crippen molar-refractivity contribution in [2.45, 2.75) is 53.4 Å². The summed E-state index contributed by atoms with van der Waals surface area (Å²) in [6, 6.07) is 0. The minimum Gasteiger partial charge on any atom is -0.481 e. The van der Waals surface area contributed by atoms with Gasteiger partial charge in [0, 0.05) is 18.5 Å². The van der Waals surface area contributed by atoms with Crippen LogP contribution in [-0.2, 0) is 14.8 Å². The van der Waals surface area contributed by atoms with Gasteiger partial charge < -0.3 is 5.11 Å². The molecule has 1 aliphatic carbocycles. The molecule has 0 atom stereocenters. The maximum absolute atomic E-state index is 11.9. The van der Waals surface area contributed by atoms with Gasteiger partial charge in [0.1, 0.15) is 0 Å².